The van der Waals surface area contributed by atoms with Crippen molar-refractivity contribution >= 4 is 10.3 Å². The van der Waals surface area contributed by atoms with Gasteiger partial charge in [-0.2, -0.15) is 6.67 Å². The van der Waals surface area contributed by atoms with E-state index in [1.165, 1.54) is 48.2 Å². The molecule has 2 bridgehead atoms. The maximum atomic E-state index is 5.59. The monoisotopic (exact) mass is 575 g/mol. The molecule has 2 aliphatic carbocycles. The van der Waals surface area contributed by atoms with Crippen LogP contribution in [0.15, 0.2) is 36.4 Å². The first-order chi connectivity index (χ1) is 16.9. The second kappa shape index (κ2) is 10.7. The topological polar surface area (TPSA) is 15.7 Å². The zero-order valence-electron chi connectivity index (χ0n) is 23.5. The van der Waals surface area contributed by atoms with E-state index in [9.17, 15) is 0 Å². The Kier molecular flexibility index (Phi) is 8.18. The van der Waals surface area contributed by atoms with E-state index < -0.39 is 0 Å². The third-order valence-electron chi connectivity index (χ3n) is 8.59. The van der Waals surface area contributed by atoms with Crippen molar-refractivity contribution in [1.82, 2.24) is 4.90 Å². The second-order valence-corrected chi connectivity index (χ2v) is 13.1. The van der Waals surface area contributed by atoms with E-state index in [-0.39, 0.29) is 6.10 Å². The normalized spacial score (nSPS) is 26.8. The van der Waals surface area contributed by atoms with Crippen LogP contribution < -0.4 is 9.64 Å². The number of rotatable bonds is 5. The van der Waals surface area contributed by atoms with Gasteiger partial charge in [-0.3, -0.25) is 0 Å². The van der Waals surface area contributed by atoms with Gasteiger partial charge in [0.25, 0.3) is 0 Å². The molecule has 2 aromatic carbocycles. The fraction of sp³-hybridized carbons (Fsp3) is 0.562. The molecule has 1 aliphatic heterocycles. The summed E-state index contributed by atoms with van der Waals surface area (Å²) in [5.41, 5.74) is 7.80. The summed E-state index contributed by atoms with van der Waals surface area (Å²) in [4.78, 5) is 5.18. The molecule has 3 nitrogen and oxygen atoms in total. The molecule has 5 rings (SSSR count). The van der Waals surface area contributed by atoms with Gasteiger partial charge in [0.15, 0.2) is 0 Å². The molecule has 3 aliphatic rings. The first kappa shape index (κ1) is 27.5. The average molecular weight is 575 g/mol. The first-order valence-electron chi connectivity index (χ1n) is 13.6. The van der Waals surface area contributed by atoms with Gasteiger partial charge in [-0.25, -0.2) is 0 Å². The predicted molar refractivity (Wildman–Crippen MR) is 149 cm³/mol. The molecular formula is C32H45N2ORu. The molecule has 0 aromatic heterocycles. The van der Waals surface area contributed by atoms with Gasteiger partial charge in [-0.1, -0.05) is 38.5 Å². The molecule has 4 heteroatoms. The summed E-state index contributed by atoms with van der Waals surface area (Å²) in [6, 6.07) is 13.4. The van der Waals surface area contributed by atoms with Gasteiger partial charge in [0.05, 0.1) is 0 Å². The van der Waals surface area contributed by atoms with Crippen molar-refractivity contribution in [2.45, 2.75) is 86.8 Å². The molecule has 2 aromatic rings. The van der Waals surface area contributed by atoms with Crippen LogP contribution in [0.2, 0.25) is 0 Å². The number of benzene rings is 2. The van der Waals surface area contributed by atoms with Crippen LogP contribution in [0.1, 0.15) is 76.1 Å². The zero-order chi connectivity index (χ0) is 26.3. The quantitative estimate of drug-likeness (QED) is 0.277. The minimum Gasteiger partial charge on any atom is -0.507 e. The molecule has 1 heterocycles. The Morgan fingerprint density at radius 2 is 1.72 bits per heavy atom. The minimum absolute atomic E-state index is 0.234. The molecule has 3 atom stereocenters. The second-order valence-electron chi connectivity index (χ2n) is 12.6. The van der Waals surface area contributed by atoms with Crippen molar-refractivity contribution in [3.63, 3.8) is 0 Å². The van der Waals surface area contributed by atoms with E-state index >= 15 is 0 Å². The van der Waals surface area contributed by atoms with Gasteiger partial charge in [0.1, 0.15) is 0 Å². The van der Waals surface area contributed by atoms with Gasteiger partial charge >= 0.3 is 82.7 Å². The van der Waals surface area contributed by atoms with Crippen LogP contribution in [0, 0.1) is 44.2 Å². The number of nitrogens with zero attached hydrogens (tertiary/aromatic N) is 2. The molecule has 1 saturated heterocycles. The van der Waals surface area contributed by atoms with E-state index in [1.807, 2.05) is 42.7 Å². The summed E-state index contributed by atoms with van der Waals surface area (Å²) < 4.78 is 7.58. The summed E-state index contributed by atoms with van der Waals surface area (Å²) in [7, 11) is 0. The van der Waals surface area contributed by atoms with Crippen molar-refractivity contribution in [3.8, 4) is 5.75 Å². The molecule has 197 valence electrons. The van der Waals surface area contributed by atoms with E-state index in [4.69, 9.17) is 4.74 Å². The Morgan fingerprint density at radius 1 is 1.06 bits per heavy atom. The van der Waals surface area contributed by atoms with Crippen LogP contribution >= 0.6 is 0 Å². The Labute approximate surface area is 229 Å². The van der Waals surface area contributed by atoms with Crippen LogP contribution in [-0.2, 0) is 17.9 Å². The Balaban J connectivity index is 0.000000214. The molecule has 3 fully saturated rings. The Hall–Kier alpha value is -1.51. The zero-order valence-corrected chi connectivity index (χ0v) is 25.3. The van der Waals surface area contributed by atoms with Gasteiger partial charge in [-0.15, -0.1) is 0 Å². The number of ether oxygens (including phenoxy) is 1. The van der Waals surface area contributed by atoms with Crippen molar-refractivity contribution in [3.05, 3.63) is 65.3 Å². The van der Waals surface area contributed by atoms with Crippen LogP contribution in [0.3, 0.4) is 0 Å². The fourth-order valence-electron chi connectivity index (χ4n) is 7.32. The summed E-state index contributed by atoms with van der Waals surface area (Å²) in [6.45, 7) is 23.0. The van der Waals surface area contributed by atoms with E-state index in [0.29, 0.717) is 10.8 Å². The maximum absolute atomic E-state index is 5.59. The largest absolute Gasteiger partial charge is 0.507 e. The summed E-state index contributed by atoms with van der Waals surface area (Å²) >= 11 is 2.49. The Bertz CT molecular complexity index is 1070. The molecule has 0 N–H and O–H groups in total. The van der Waals surface area contributed by atoms with E-state index in [2.05, 4.69) is 88.0 Å². The molecule has 3 unspecified atom stereocenters. The smallest absolute Gasteiger partial charge is 0.0141 e. The molecule has 0 radical (unpaired) electrons. The Morgan fingerprint density at radius 3 is 2.28 bits per heavy atom. The molecular weight excluding hydrogens is 529 g/mol. The van der Waals surface area contributed by atoms with Gasteiger partial charge in [0, 0.05) is 12.2 Å². The molecule has 36 heavy (non-hydrogen) atoms. The summed E-state index contributed by atoms with van der Waals surface area (Å²) in [5, 5.41) is 0. The summed E-state index contributed by atoms with van der Waals surface area (Å²) in [6.07, 6.45) is 4.44. The minimum atomic E-state index is 0.234. The van der Waals surface area contributed by atoms with Gasteiger partial charge in [0.2, 0.25) is 0 Å². The summed E-state index contributed by atoms with van der Waals surface area (Å²) in [5.74, 6) is 1.86. The van der Waals surface area contributed by atoms with Crippen molar-refractivity contribution < 1.29 is 22.6 Å². The number of fused-ring (bicyclic) bond motifs is 2. The van der Waals surface area contributed by atoms with Gasteiger partial charge in [-0.05, 0) is 80.5 Å². The van der Waals surface area contributed by atoms with E-state index in [1.54, 1.807) is 0 Å². The number of hydrogen-bond donors (Lipinski definition) is 0. The van der Waals surface area contributed by atoms with E-state index in [0.717, 1.165) is 29.8 Å². The van der Waals surface area contributed by atoms with Crippen molar-refractivity contribution in [2.24, 2.45) is 16.7 Å². The first-order valence-corrected chi connectivity index (χ1v) is 14.6. The third-order valence-corrected chi connectivity index (χ3v) is 9.13. The van der Waals surface area contributed by atoms with Crippen molar-refractivity contribution in [2.75, 3.05) is 18.0 Å². The number of hydrogen-bond acceptors (Lipinski definition) is 3. The van der Waals surface area contributed by atoms with Crippen LogP contribution in [0.5, 0.6) is 5.75 Å². The molecule has 2 saturated carbocycles. The van der Waals surface area contributed by atoms with Gasteiger partial charge < -0.3 is 9.80 Å². The van der Waals surface area contributed by atoms with Crippen LogP contribution in [-0.4, -0.2) is 34.7 Å². The third kappa shape index (κ3) is 5.65. The SMILES string of the molecule is CC(C)Oc1ccccc1[CH]=[Ru+].Cc1cc(C)c(N2[CH-]N(C3CC4CC3(C)CC4(C)C)CC2)c(C)c1. The van der Waals surface area contributed by atoms with Crippen LogP contribution in [0.4, 0.5) is 5.69 Å². The predicted octanol–water partition coefficient (Wildman–Crippen LogP) is 7.24. The standard InChI is InChI=1S/C22H33N2.C10H12O.Ru/c1-15-9-16(2)20(17(3)10-15)24-8-7-23(14-24)19-11-18-12-22(19,6)13-21(18,4)5;1-8(2)11-10-7-5-4-6-9(10)3;/h9-10,14,18-19H,7-8,11-13H2,1-6H3;3-8H,1-2H3;/q-1;;+1. The van der Waals surface area contributed by atoms with Crippen LogP contribution in [0.25, 0.3) is 0 Å². The number of para-hydroxylation sites is 1. The molecule has 0 amide bonds. The average Bonchev–Trinajstić information content (AvgIpc) is 3.43. The van der Waals surface area contributed by atoms with Crippen molar-refractivity contribution in [1.29, 1.82) is 0 Å². The number of anilines is 1. The fourth-order valence-corrected chi connectivity index (χ4v) is 7.73. The maximum Gasteiger partial charge on any atom is 0.0141 e. The molecule has 0 spiro atoms. The number of aryl methyl sites for hydroxylation is 3.